The summed E-state index contributed by atoms with van der Waals surface area (Å²) >= 11 is 0. The topological polar surface area (TPSA) is 58.4 Å². The molecule has 1 aliphatic heterocycles. The van der Waals surface area contributed by atoms with Gasteiger partial charge >= 0.3 is 0 Å². The summed E-state index contributed by atoms with van der Waals surface area (Å²) in [5.41, 5.74) is 1.16. The van der Waals surface area contributed by atoms with Crippen LogP contribution in [0.5, 0.6) is 0 Å². The molecule has 138 valence electrons. The summed E-state index contributed by atoms with van der Waals surface area (Å²) in [6.45, 7) is 2.85. The molecular weight excluding hydrogens is 326 g/mol. The molecule has 2 fully saturated rings. The number of aryl methyl sites for hydroxylation is 1. The molecule has 0 bridgehead atoms. The monoisotopic (exact) mass is 353 g/mol. The number of hydrogen-bond donors (Lipinski definition) is 1. The Hall–Kier alpha value is -2.14. The van der Waals surface area contributed by atoms with Crippen LogP contribution in [-0.4, -0.2) is 38.3 Å². The number of fused-ring (bicyclic) bond motifs is 1. The lowest BCUT2D eigenvalue weighted by atomic mass is 9.66. The third kappa shape index (κ3) is 2.94. The number of nitrogens with zero attached hydrogens (tertiary/aromatic N) is 3. The van der Waals surface area contributed by atoms with Crippen molar-refractivity contribution >= 4 is 5.91 Å². The van der Waals surface area contributed by atoms with E-state index in [1.54, 1.807) is 10.9 Å². The van der Waals surface area contributed by atoms with E-state index in [-0.39, 0.29) is 24.4 Å². The Morgan fingerprint density at radius 1 is 1.23 bits per heavy atom. The molecule has 5 heteroatoms. The second kappa shape index (κ2) is 6.88. The number of amides is 1. The quantitative estimate of drug-likeness (QED) is 0.923. The summed E-state index contributed by atoms with van der Waals surface area (Å²) in [6, 6.07) is 12.0. The second-order valence-electron chi connectivity index (χ2n) is 7.72. The maximum Gasteiger partial charge on any atom is 0.244 e. The number of aromatic nitrogens is 2. The fourth-order valence-electron chi connectivity index (χ4n) is 4.86. The van der Waals surface area contributed by atoms with E-state index in [1.807, 2.05) is 48.2 Å². The number of likely N-dealkylation sites (tertiary alicyclic amines) is 1. The summed E-state index contributed by atoms with van der Waals surface area (Å²) in [5, 5.41) is 15.8. The summed E-state index contributed by atoms with van der Waals surface area (Å²) in [5.74, 6) is 0.221. The highest BCUT2D eigenvalue weighted by Gasteiger charge is 2.50. The van der Waals surface area contributed by atoms with Gasteiger partial charge in [0.05, 0.1) is 5.60 Å². The summed E-state index contributed by atoms with van der Waals surface area (Å²) in [6.07, 6.45) is 6.52. The first-order chi connectivity index (χ1) is 12.6. The van der Waals surface area contributed by atoms with Crippen molar-refractivity contribution in [3.8, 4) is 0 Å². The maximum atomic E-state index is 13.0. The van der Waals surface area contributed by atoms with E-state index in [1.165, 1.54) is 0 Å². The van der Waals surface area contributed by atoms with Gasteiger partial charge in [-0.05, 0) is 37.8 Å². The van der Waals surface area contributed by atoms with E-state index < -0.39 is 5.60 Å². The van der Waals surface area contributed by atoms with Crippen molar-refractivity contribution < 1.29 is 9.90 Å². The Bertz CT molecular complexity index is 773. The highest BCUT2D eigenvalue weighted by molar-refractivity contribution is 5.76. The van der Waals surface area contributed by atoms with Crippen LogP contribution < -0.4 is 0 Å². The lowest BCUT2D eigenvalue weighted by Crippen LogP contribution is -2.59. The largest absolute Gasteiger partial charge is 0.385 e. The van der Waals surface area contributed by atoms with Crippen LogP contribution in [0.3, 0.4) is 0 Å². The van der Waals surface area contributed by atoms with Crippen molar-refractivity contribution in [2.24, 2.45) is 5.92 Å². The van der Waals surface area contributed by atoms with Crippen molar-refractivity contribution in [1.82, 2.24) is 14.7 Å². The first-order valence-electron chi connectivity index (χ1n) is 9.65. The van der Waals surface area contributed by atoms with Crippen LogP contribution in [-0.2, 0) is 16.9 Å². The fourth-order valence-corrected chi connectivity index (χ4v) is 4.86. The number of piperidine rings is 1. The van der Waals surface area contributed by atoms with Gasteiger partial charge in [-0.15, -0.1) is 0 Å². The number of benzene rings is 1. The number of carbonyl (C=O) groups is 1. The van der Waals surface area contributed by atoms with Crippen LogP contribution in [0.4, 0.5) is 0 Å². The first kappa shape index (κ1) is 17.3. The predicted molar refractivity (Wildman–Crippen MR) is 99.4 cm³/mol. The van der Waals surface area contributed by atoms with Crippen molar-refractivity contribution in [2.45, 2.75) is 57.2 Å². The van der Waals surface area contributed by atoms with Crippen molar-refractivity contribution in [3.63, 3.8) is 0 Å². The van der Waals surface area contributed by atoms with Gasteiger partial charge in [0.1, 0.15) is 6.54 Å². The molecule has 1 aromatic carbocycles. The van der Waals surface area contributed by atoms with Crippen LogP contribution in [0.1, 0.15) is 43.4 Å². The average molecular weight is 353 g/mol. The molecule has 1 aliphatic carbocycles. The van der Waals surface area contributed by atoms with Gasteiger partial charge in [0.25, 0.3) is 0 Å². The molecule has 1 unspecified atom stereocenters. The van der Waals surface area contributed by atoms with Gasteiger partial charge in [0, 0.05) is 30.4 Å². The highest BCUT2D eigenvalue weighted by atomic mass is 16.3. The van der Waals surface area contributed by atoms with Crippen molar-refractivity contribution in [3.05, 3.63) is 53.9 Å². The number of hydrogen-bond acceptors (Lipinski definition) is 3. The standard InChI is InChI=1S/C21H27N3O2/c1-16-11-13-22-24(16)15-20(25)23-14-12-21(26,17-7-3-2-4-8-17)18-9-5-6-10-19(18)23/h2-4,7-8,11,13,18-19,26H,5-6,9-10,12,14-15H2,1H3/t18-,19+,21?/m0/s1. The van der Waals surface area contributed by atoms with Crippen LogP contribution in [0.25, 0.3) is 0 Å². The molecule has 1 saturated carbocycles. The summed E-state index contributed by atoms with van der Waals surface area (Å²) in [7, 11) is 0. The second-order valence-corrected chi connectivity index (χ2v) is 7.72. The van der Waals surface area contributed by atoms with Crippen LogP contribution in [0.15, 0.2) is 42.6 Å². The number of aliphatic hydroxyl groups is 1. The molecule has 2 heterocycles. The third-order valence-electron chi connectivity index (χ3n) is 6.29. The molecule has 2 aliphatic rings. The van der Waals surface area contributed by atoms with Crippen LogP contribution in [0, 0.1) is 12.8 Å². The Morgan fingerprint density at radius 2 is 2.00 bits per heavy atom. The summed E-state index contributed by atoms with van der Waals surface area (Å²) < 4.78 is 1.76. The predicted octanol–water partition coefficient (Wildman–Crippen LogP) is 2.87. The molecule has 4 rings (SSSR count). The molecule has 1 amide bonds. The molecule has 1 N–H and O–H groups in total. The smallest absolute Gasteiger partial charge is 0.244 e. The number of rotatable bonds is 3. The van der Waals surface area contributed by atoms with Gasteiger partial charge in [0.15, 0.2) is 0 Å². The van der Waals surface area contributed by atoms with E-state index in [2.05, 4.69) is 5.10 Å². The molecule has 2 aromatic rings. The summed E-state index contributed by atoms with van der Waals surface area (Å²) in [4.78, 5) is 15.0. The first-order valence-corrected chi connectivity index (χ1v) is 9.65. The van der Waals surface area contributed by atoms with Gasteiger partial charge < -0.3 is 10.0 Å². The van der Waals surface area contributed by atoms with E-state index in [4.69, 9.17) is 0 Å². The molecule has 0 spiro atoms. The van der Waals surface area contributed by atoms with Gasteiger partial charge in [-0.3, -0.25) is 9.48 Å². The molecule has 1 aromatic heterocycles. The fraction of sp³-hybridized carbons (Fsp3) is 0.524. The Labute approximate surface area is 154 Å². The molecule has 3 atom stereocenters. The van der Waals surface area contributed by atoms with Crippen LogP contribution >= 0.6 is 0 Å². The van der Waals surface area contributed by atoms with Gasteiger partial charge in [0.2, 0.25) is 5.91 Å². The lowest BCUT2D eigenvalue weighted by Gasteiger charge is -2.52. The zero-order valence-corrected chi connectivity index (χ0v) is 15.3. The van der Waals surface area contributed by atoms with Crippen LogP contribution in [0.2, 0.25) is 0 Å². The average Bonchev–Trinajstić information content (AvgIpc) is 3.07. The zero-order valence-electron chi connectivity index (χ0n) is 15.3. The Balaban J connectivity index is 1.58. The lowest BCUT2D eigenvalue weighted by molar-refractivity contribution is -0.155. The minimum atomic E-state index is -0.829. The van der Waals surface area contributed by atoms with Crippen molar-refractivity contribution in [2.75, 3.05) is 6.54 Å². The SMILES string of the molecule is Cc1ccnn1CC(=O)N1CCC(O)(c2ccccc2)[C@H]2CCCC[C@H]21. The molecule has 26 heavy (non-hydrogen) atoms. The van der Waals surface area contributed by atoms with Gasteiger partial charge in [-0.1, -0.05) is 43.2 Å². The Kier molecular flexibility index (Phi) is 4.57. The third-order valence-corrected chi connectivity index (χ3v) is 6.29. The van der Waals surface area contributed by atoms with E-state index in [9.17, 15) is 9.90 Å². The number of carbonyl (C=O) groups excluding carboxylic acids is 1. The minimum Gasteiger partial charge on any atom is -0.385 e. The normalized spacial score (nSPS) is 28.6. The molecular formula is C21H27N3O2. The van der Waals surface area contributed by atoms with E-state index in [0.29, 0.717) is 13.0 Å². The van der Waals surface area contributed by atoms with E-state index >= 15 is 0 Å². The maximum absolute atomic E-state index is 13.0. The van der Waals surface area contributed by atoms with Gasteiger partial charge in [-0.2, -0.15) is 5.10 Å². The Morgan fingerprint density at radius 3 is 2.73 bits per heavy atom. The molecule has 1 saturated heterocycles. The zero-order chi connectivity index (χ0) is 18.1. The van der Waals surface area contributed by atoms with E-state index in [0.717, 1.165) is 36.9 Å². The molecule has 5 nitrogen and oxygen atoms in total. The van der Waals surface area contributed by atoms with Gasteiger partial charge in [-0.25, -0.2) is 0 Å². The molecule has 0 radical (unpaired) electrons. The van der Waals surface area contributed by atoms with Crippen molar-refractivity contribution in [1.29, 1.82) is 0 Å². The highest BCUT2D eigenvalue weighted by Crippen LogP contribution is 2.46. The minimum absolute atomic E-state index is 0.107.